The van der Waals surface area contributed by atoms with E-state index in [9.17, 15) is 4.79 Å². The van der Waals surface area contributed by atoms with Crippen LogP contribution in [0.3, 0.4) is 0 Å². The number of carbonyl (C=O) groups excluding carboxylic acids is 1. The molecular formula is C18H24N2O3. The maximum Gasteiger partial charge on any atom is 0.246 e. The van der Waals surface area contributed by atoms with Crippen molar-refractivity contribution < 1.29 is 14.3 Å². The van der Waals surface area contributed by atoms with Crippen molar-refractivity contribution in [2.75, 3.05) is 46.9 Å². The van der Waals surface area contributed by atoms with Crippen LogP contribution in [0.2, 0.25) is 0 Å². The minimum absolute atomic E-state index is 0.0288. The molecule has 1 heterocycles. The maximum atomic E-state index is 12.3. The van der Waals surface area contributed by atoms with Gasteiger partial charge >= 0.3 is 0 Å². The Morgan fingerprint density at radius 2 is 1.96 bits per heavy atom. The number of methoxy groups -OCH3 is 2. The van der Waals surface area contributed by atoms with Gasteiger partial charge < -0.3 is 14.4 Å². The van der Waals surface area contributed by atoms with Gasteiger partial charge in [0.2, 0.25) is 5.91 Å². The second kappa shape index (κ2) is 8.39. The predicted molar refractivity (Wildman–Crippen MR) is 91.8 cm³/mol. The Kier molecular flexibility index (Phi) is 6.23. The average molecular weight is 316 g/mol. The molecule has 0 aromatic heterocycles. The lowest BCUT2D eigenvalue weighted by Gasteiger charge is -2.33. The molecule has 0 aliphatic carbocycles. The van der Waals surface area contributed by atoms with E-state index in [0.29, 0.717) is 5.75 Å². The Bertz CT molecular complexity index is 576. The zero-order valence-electron chi connectivity index (χ0n) is 13.8. The second-order valence-corrected chi connectivity index (χ2v) is 5.36. The molecule has 0 bridgehead atoms. The van der Waals surface area contributed by atoms with E-state index in [2.05, 4.69) is 11.5 Å². The summed E-state index contributed by atoms with van der Waals surface area (Å²) in [6.45, 7) is 7.89. The van der Waals surface area contributed by atoms with Gasteiger partial charge in [-0.05, 0) is 18.2 Å². The summed E-state index contributed by atoms with van der Waals surface area (Å²) in [6.07, 6.45) is 5.29. The smallest absolute Gasteiger partial charge is 0.246 e. The van der Waals surface area contributed by atoms with Crippen molar-refractivity contribution in [3.8, 4) is 11.5 Å². The van der Waals surface area contributed by atoms with Crippen LogP contribution in [0.4, 0.5) is 0 Å². The molecule has 1 amide bonds. The highest BCUT2D eigenvalue weighted by Gasteiger charge is 2.18. The third kappa shape index (κ3) is 4.60. The zero-order valence-corrected chi connectivity index (χ0v) is 13.8. The van der Waals surface area contributed by atoms with Gasteiger partial charge in [0.1, 0.15) is 11.5 Å². The SMILES string of the molecule is C=CCN1CCN(C(=O)/C=C\c2ccc(OC)cc2OC)CC1. The third-order valence-corrected chi connectivity index (χ3v) is 3.92. The van der Waals surface area contributed by atoms with Gasteiger partial charge in [-0.25, -0.2) is 0 Å². The molecule has 0 atom stereocenters. The number of hydrogen-bond donors (Lipinski definition) is 0. The summed E-state index contributed by atoms with van der Waals surface area (Å²) in [5, 5.41) is 0. The van der Waals surface area contributed by atoms with E-state index in [1.807, 2.05) is 23.1 Å². The fraction of sp³-hybridized carbons (Fsp3) is 0.389. The highest BCUT2D eigenvalue weighted by atomic mass is 16.5. The van der Waals surface area contributed by atoms with Gasteiger partial charge in [-0.15, -0.1) is 6.58 Å². The first kappa shape index (κ1) is 17.1. The van der Waals surface area contributed by atoms with E-state index >= 15 is 0 Å². The predicted octanol–water partition coefficient (Wildman–Crippen LogP) is 2.05. The van der Waals surface area contributed by atoms with Crippen LogP contribution in [-0.2, 0) is 4.79 Å². The summed E-state index contributed by atoms with van der Waals surface area (Å²) in [5.74, 6) is 1.44. The number of nitrogens with zero attached hydrogens (tertiary/aromatic N) is 2. The van der Waals surface area contributed by atoms with Crippen LogP contribution in [0.1, 0.15) is 5.56 Å². The van der Waals surface area contributed by atoms with Gasteiger partial charge in [0.15, 0.2) is 0 Å². The lowest BCUT2D eigenvalue weighted by Crippen LogP contribution is -2.48. The highest BCUT2D eigenvalue weighted by Crippen LogP contribution is 2.25. The molecule has 5 heteroatoms. The molecule has 1 aliphatic heterocycles. The van der Waals surface area contributed by atoms with Crippen LogP contribution in [0.15, 0.2) is 36.9 Å². The van der Waals surface area contributed by atoms with Crippen molar-refractivity contribution in [3.05, 3.63) is 42.5 Å². The molecular weight excluding hydrogens is 292 g/mol. The number of piperazine rings is 1. The molecule has 5 nitrogen and oxygen atoms in total. The number of hydrogen-bond acceptors (Lipinski definition) is 4. The lowest BCUT2D eigenvalue weighted by molar-refractivity contribution is -0.127. The lowest BCUT2D eigenvalue weighted by atomic mass is 10.1. The normalized spacial score (nSPS) is 15.7. The number of rotatable bonds is 6. The summed E-state index contributed by atoms with van der Waals surface area (Å²) in [7, 11) is 3.21. The van der Waals surface area contributed by atoms with Crippen LogP contribution < -0.4 is 9.47 Å². The Morgan fingerprint density at radius 3 is 2.57 bits per heavy atom. The van der Waals surface area contributed by atoms with Gasteiger partial charge in [-0.3, -0.25) is 9.69 Å². The minimum atomic E-state index is 0.0288. The summed E-state index contributed by atoms with van der Waals surface area (Å²) < 4.78 is 10.5. The molecule has 0 radical (unpaired) electrons. The van der Waals surface area contributed by atoms with E-state index < -0.39 is 0 Å². The molecule has 1 aliphatic rings. The molecule has 1 fully saturated rings. The standard InChI is InChI=1S/C18H24N2O3/c1-4-9-19-10-12-20(13-11-19)18(21)8-6-15-5-7-16(22-2)14-17(15)23-3/h4-8,14H,1,9-13H2,2-3H3/b8-6-. The van der Waals surface area contributed by atoms with Crippen LogP contribution in [0.5, 0.6) is 11.5 Å². The third-order valence-electron chi connectivity index (χ3n) is 3.92. The number of benzene rings is 1. The van der Waals surface area contributed by atoms with Gasteiger partial charge in [-0.2, -0.15) is 0 Å². The van der Waals surface area contributed by atoms with Gasteiger partial charge in [-0.1, -0.05) is 6.08 Å². The van der Waals surface area contributed by atoms with Gasteiger partial charge in [0, 0.05) is 50.4 Å². The van der Waals surface area contributed by atoms with Crippen molar-refractivity contribution >= 4 is 12.0 Å². The summed E-state index contributed by atoms with van der Waals surface area (Å²) in [4.78, 5) is 16.4. The monoisotopic (exact) mass is 316 g/mol. The number of carbonyl (C=O) groups is 1. The first-order chi connectivity index (χ1) is 11.2. The minimum Gasteiger partial charge on any atom is -0.497 e. The summed E-state index contributed by atoms with van der Waals surface area (Å²) in [6, 6.07) is 5.53. The molecule has 1 aromatic carbocycles. The van der Waals surface area contributed by atoms with Crippen molar-refractivity contribution in [2.45, 2.75) is 0 Å². The first-order valence-electron chi connectivity index (χ1n) is 7.70. The van der Waals surface area contributed by atoms with E-state index in [-0.39, 0.29) is 5.91 Å². The zero-order chi connectivity index (χ0) is 16.7. The molecule has 23 heavy (non-hydrogen) atoms. The Hall–Kier alpha value is -2.27. The molecule has 0 N–H and O–H groups in total. The second-order valence-electron chi connectivity index (χ2n) is 5.36. The van der Waals surface area contributed by atoms with Gasteiger partial charge in [0.25, 0.3) is 0 Å². The Balaban J connectivity index is 1.97. The van der Waals surface area contributed by atoms with Crippen LogP contribution in [-0.4, -0.2) is 62.7 Å². The number of ether oxygens (including phenoxy) is 2. The van der Waals surface area contributed by atoms with Crippen molar-refractivity contribution in [1.29, 1.82) is 0 Å². The Labute approximate surface area is 137 Å². The Morgan fingerprint density at radius 1 is 1.22 bits per heavy atom. The topological polar surface area (TPSA) is 42.0 Å². The highest BCUT2D eigenvalue weighted by molar-refractivity contribution is 5.92. The van der Waals surface area contributed by atoms with E-state index in [1.54, 1.807) is 32.4 Å². The fourth-order valence-corrected chi connectivity index (χ4v) is 2.56. The molecule has 1 saturated heterocycles. The van der Waals surface area contributed by atoms with Crippen LogP contribution in [0, 0.1) is 0 Å². The van der Waals surface area contributed by atoms with Crippen LogP contribution >= 0.6 is 0 Å². The largest absolute Gasteiger partial charge is 0.497 e. The first-order valence-corrected chi connectivity index (χ1v) is 7.70. The molecule has 124 valence electrons. The molecule has 0 saturated carbocycles. The summed E-state index contributed by atoms with van der Waals surface area (Å²) in [5.41, 5.74) is 0.854. The molecule has 0 unspecified atom stereocenters. The number of amides is 1. The molecule has 0 spiro atoms. The quantitative estimate of drug-likeness (QED) is 0.595. The van der Waals surface area contributed by atoms with Gasteiger partial charge in [0.05, 0.1) is 14.2 Å². The van der Waals surface area contributed by atoms with Crippen molar-refractivity contribution in [3.63, 3.8) is 0 Å². The van der Waals surface area contributed by atoms with Crippen molar-refractivity contribution in [2.24, 2.45) is 0 Å². The average Bonchev–Trinajstić information content (AvgIpc) is 2.60. The van der Waals surface area contributed by atoms with E-state index in [4.69, 9.17) is 9.47 Å². The summed E-state index contributed by atoms with van der Waals surface area (Å²) >= 11 is 0. The van der Waals surface area contributed by atoms with Crippen molar-refractivity contribution in [1.82, 2.24) is 9.80 Å². The van der Waals surface area contributed by atoms with Crippen LogP contribution in [0.25, 0.3) is 6.08 Å². The fourth-order valence-electron chi connectivity index (χ4n) is 2.56. The van der Waals surface area contributed by atoms with E-state index in [1.165, 1.54) is 0 Å². The molecule has 1 aromatic rings. The molecule has 2 rings (SSSR count). The van der Waals surface area contributed by atoms with E-state index in [0.717, 1.165) is 44.0 Å². The maximum absolute atomic E-state index is 12.3.